The lowest BCUT2D eigenvalue weighted by atomic mass is 9.99. The molecule has 104 valence electrons. The first-order chi connectivity index (χ1) is 9.15. The molecule has 0 saturated heterocycles. The van der Waals surface area contributed by atoms with Crippen molar-refractivity contribution in [3.63, 3.8) is 0 Å². The monoisotopic (exact) mass is 282 g/mol. The Morgan fingerprint density at radius 1 is 1.47 bits per heavy atom. The highest BCUT2D eigenvalue weighted by Crippen LogP contribution is 2.33. The molecule has 1 aromatic rings. The molecular weight excluding hydrogens is 264 g/mol. The van der Waals surface area contributed by atoms with Crippen LogP contribution in [0, 0.1) is 0 Å². The number of amides is 1. The van der Waals surface area contributed by atoms with Crippen LogP contribution in [0.5, 0.6) is 0 Å². The highest BCUT2D eigenvalue weighted by atomic mass is 32.1. The lowest BCUT2D eigenvalue weighted by Crippen LogP contribution is -2.43. The number of aliphatic carboxylic acids is 1. The first kappa shape index (κ1) is 14.0. The Labute approximate surface area is 116 Å². The quantitative estimate of drug-likeness (QED) is 0.799. The van der Waals surface area contributed by atoms with Crippen LogP contribution in [-0.4, -0.2) is 35.0 Å². The fraction of sp³-hybridized carbons (Fsp3) is 0.538. The van der Waals surface area contributed by atoms with Crippen LogP contribution in [-0.2, 0) is 16.0 Å². The van der Waals surface area contributed by atoms with E-state index in [1.165, 1.54) is 4.90 Å². The summed E-state index contributed by atoms with van der Waals surface area (Å²) >= 11 is 1.56. The second-order valence-corrected chi connectivity index (χ2v) is 5.62. The van der Waals surface area contributed by atoms with Gasteiger partial charge in [-0.15, -0.1) is 11.3 Å². The minimum Gasteiger partial charge on any atom is -0.479 e. The molecule has 0 radical (unpaired) electrons. The van der Waals surface area contributed by atoms with E-state index in [2.05, 4.69) is 0 Å². The van der Waals surface area contributed by atoms with E-state index in [0.29, 0.717) is 25.9 Å². The van der Waals surface area contributed by atoms with E-state index in [9.17, 15) is 14.7 Å². The van der Waals surface area contributed by atoms with Crippen molar-refractivity contribution in [2.45, 2.75) is 31.7 Å². The Kier molecular flexibility index (Phi) is 4.55. The van der Waals surface area contributed by atoms with Crippen LogP contribution in [0.15, 0.2) is 11.4 Å². The zero-order valence-electron chi connectivity index (χ0n) is 10.7. The highest BCUT2D eigenvalue weighted by molar-refractivity contribution is 7.10. The van der Waals surface area contributed by atoms with Crippen molar-refractivity contribution in [2.24, 2.45) is 5.73 Å². The molecular formula is C13H18N2O3S. The summed E-state index contributed by atoms with van der Waals surface area (Å²) in [5, 5.41) is 11.3. The van der Waals surface area contributed by atoms with E-state index >= 15 is 0 Å². The number of hydrogen-bond acceptors (Lipinski definition) is 4. The average Bonchev–Trinajstić information content (AvgIpc) is 2.85. The third-order valence-electron chi connectivity index (χ3n) is 3.36. The fourth-order valence-electron chi connectivity index (χ4n) is 2.42. The molecule has 0 aliphatic carbocycles. The van der Waals surface area contributed by atoms with E-state index in [-0.39, 0.29) is 5.91 Å². The van der Waals surface area contributed by atoms with Crippen LogP contribution in [0.2, 0.25) is 0 Å². The minimum atomic E-state index is -0.952. The number of carbonyl (C=O) groups excluding carboxylic acids is 1. The summed E-state index contributed by atoms with van der Waals surface area (Å²) in [5.41, 5.74) is 6.17. The van der Waals surface area contributed by atoms with E-state index < -0.39 is 12.0 Å². The average molecular weight is 282 g/mol. The van der Waals surface area contributed by atoms with Gasteiger partial charge in [0.15, 0.2) is 6.04 Å². The van der Waals surface area contributed by atoms with E-state index in [1.807, 2.05) is 11.4 Å². The van der Waals surface area contributed by atoms with Crippen LogP contribution in [0.1, 0.15) is 35.7 Å². The largest absolute Gasteiger partial charge is 0.479 e. The lowest BCUT2D eigenvalue weighted by molar-refractivity contribution is -0.151. The summed E-state index contributed by atoms with van der Waals surface area (Å²) in [5.74, 6) is -1.04. The fourth-order valence-corrected chi connectivity index (χ4v) is 3.32. The van der Waals surface area contributed by atoms with Crippen LogP contribution in [0.3, 0.4) is 0 Å². The van der Waals surface area contributed by atoms with Gasteiger partial charge in [0.05, 0.1) is 0 Å². The van der Waals surface area contributed by atoms with Gasteiger partial charge in [-0.2, -0.15) is 0 Å². The summed E-state index contributed by atoms with van der Waals surface area (Å²) < 4.78 is 0. The molecule has 0 saturated carbocycles. The van der Waals surface area contributed by atoms with E-state index in [4.69, 9.17) is 5.73 Å². The summed E-state index contributed by atoms with van der Waals surface area (Å²) in [6.07, 6.45) is 2.63. The zero-order valence-corrected chi connectivity index (χ0v) is 11.5. The molecule has 0 fully saturated rings. The number of fused-ring (bicyclic) bond motifs is 1. The molecule has 2 rings (SSSR count). The number of thiophene rings is 1. The lowest BCUT2D eigenvalue weighted by Gasteiger charge is -2.33. The SMILES string of the molecule is NCCCCC(=O)N1CCc2sccc2C1C(=O)O. The molecule has 1 aromatic heterocycles. The summed E-state index contributed by atoms with van der Waals surface area (Å²) in [4.78, 5) is 26.2. The van der Waals surface area contributed by atoms with Crippen molar-refractivity contribution in [3.05, 3.63) is 21.9 Å². The van der Waals surface area contributed by atoms with Gasteiger partial charge in [0.25, 0.3) is 0 Å². The smallest absolute Gasteiger partial charge is 0.331 e. The van der Waals surface area contributed by atoms with Gasteiger partial charge in [-0.25, -0.2) is 4.79 Å². The highest BCUT2D eigenvalue weighted by Gasteiger charge is 2.36. The maximum atomic E-state index is 12.1. The van der Waals surface area contributed by atoms with Gasteiger partial charge < -0.3 is 15.7 Å². The molecule has 1 atom stereocenters. The van der Waals surface area contributed by atoms with E-state index in [0.717, 1.165) is 23.3 Å². The van der Waals surface area contributed by atoms with Crippen molar-refractivity contribution >= 4 is 23.2 Å². The first-order valence-electron chi connectivity index (χ1n) is 6.43. The molecule has 0 aromatic carbocycles. The number of hydrogen-bond donors (Lipinski definition) is 2. The molecule has 19 heavy (non-hydrogen) atoms. The Hall–Kier alpha value is -1.40. The third kappa shape index (κ3) is 2.96. The maximum Gasteiger partial charge on any atom is 0.331 e. The molecule has 0 bridgehead atoms. The van der Waals surface area contributed by atoms with Crippen molar-refractivity contribution in [1.29, 1.82) is 0 Å². The van der Waals surface area contributed by atoms with Gasteiger partial charge in [-0.1, -0.05) is 0 Å². The van der Waals surface area contributed by atoms with Crippen LogP contribution in [0.25, 0.3) is 0 Å². The number of rotatable bonds is 5. The van der Waals surface area contributed by atoms with Crippen molar-refractivity contribution in [2.75, 3.05) is 13.1 Å². The molecule has 1 amide bonds. The molecule has 3 N–H and O–H groups in total. The number of unbranched alkanes of at least 4 members (excludes halogenated alkanes) is 1. The maximum absolute atomic E-state index is 12.1. The van der Waals surface area contributed by atoms with Crippen molar-refractivity contribution in [3.8, 4) is 0 Å². The number of carboxylic acid groups (broad SMARTS) is 1. The molecule has 1 aliphatic heterocycles. The van der Waals surface area contributed by atoms with Gasteiger partial charge in [0.1, 0.15) is 0 Å². The molecule has 5 nitrogen and oxygen atoms in total. The van der Waals surface area contributed by atoms with Gasteiger partial charge in [-0.3, -0.25) is 4.79 Å². The van der Waals surface area contributed by atoms with Gasteiger partial charge in [0.2, 0.25) is 5.91 Å². The van der Waals surface area contributed by atoms with Gasteiger partial charge in [0, 0.05) is 17.8 Å². The Balaban J connectivity index is 2.12. The second kappa shape index (κ2) is 6.16. The number of carboxylic acids is 1. The van der Waals surface area contributed by atoms with Crippen LogP contribution in [0.4, 0.5) is 0 Å². The zero-order chi connectivity index (χ0) is 13.8. The van der Waals surface area contributed by atoms with Crippen molar-refractivity contribution < 1.29 is 14.7 Å². The summed E-state index contributed by atoms with van der Waals surface area (Å²) in [6, 6.07) is 0.998. The molecule has 2 heterocycles. The first-order valence-corrected chi connectivity index (χ1v) is 7.31. The molecule has 6 heteroatoms. The summed E-state index contributed by atoms with van der Waals surface area (Å²) in [7, 11) is 0. The summed E-state index contributed by atoms with van der Waals surface area (Å²) in [6.45, 7) is 1.05. The Bertz CT molecular complexity index is 472. The standard InChI is InChI=1S/C13H18N2O3S/c14-6-2-1-3-11(16)15-7-4-10-9(5-8-19-10)12(15)13(17)18/h5,8,12H,1-4,6-7,14H2,(H,17,18). The topological polar surface area (TPSA) is 83.6 Å². The van der Waals surface area contributed by atoms with Crippen LogP contribution < -0.4 is 5.73 Å². The van der Waals surface area contributed by atoms with Gasteiger partial charge in [-0.05, 0) is 42.8 Å². The second-order valence-electron chi connectivity index (χ2n) is 4.62. The number of nitrogens with zero attached hydrogens (tertiary/aromatic N) is 1. The predicted octanol–water partition coefficient (Wildman–Crippen LogP) is 1.39. The molecule has 1 aliphatic rings. The van der Waals surface area contributed by atoms with Gasteiger partial charge >= 0.3 is 5.97 Å². The van der Waals surface area contributed by atoms with E-state index in [1.54, 1.807) is 11.3 Å². The third-order valence-corrected chi connectivity index (χ3v) is 4.36. The van der Waals surface area contributed by atoms with Crippen molar-refractivity contribution in [1.82, 2.24) is 4.90 Å². The molecule has 1 unspecified atom stereocenters. The number of carbonyl (C=O) groups is 2. The predicted molar refractivity (Wildman–Crippen MR) is 73.0 cm³/mol. The minimum absolute atomic E-state index is 0.0855. The number of nitrogens with two attached hydrogens (primary N) is 1. The van der Waals surface area contributed by atoms with Crippen LogP contribution >= 0.6 is 11.3 Å². The Morgan fingerprint density at radius 3 is 2.95 bits per heavy atom. The Morgan fingerprint density at radius 2 is 2.26 bits per heavy atom. The normalized spacial score (nSPS) is 18.2. The molecule has 0 spiro atoms.